The summed E-state index contributed by atoms with van der Waals surface area (Å²) >= 11 is 0. The number of hydrogen-bond acceptors (Lipinski definition) is 5. The number of nitrogens with zero attached hydrogens (tertiary/aromatic N) is 1. The molecule has 6 nitrogen and oxygen atoms in total. The van der Waals surface area contributed by atoms with E-state index < -0.39 is 11.6 Å². The second-order valence-corrected chi connectivity index (χ2v) is 6.59. The molecule has 1 aliphatic rings. The highest BCUT2D eigenvalue weighted by atomic mass is 16.6. The third-order valence-electron chi connectivity index (χ3n) is 3.42. The Morgan fingerprint density at radius 2 is 1.87 bits per heavy atom. The number of methoxy groups -OCH3 is 1. The quantitative estimate of drug-likeness (QED) is 0.801. The molecule has 0 radical (unpaired) electrons. The molecule has 1 heterocycles. The number of amides is 1. The van der Waals surface area contributed by atoms with Crippen LogP contribution >= 0.6 is 0 Å². The molecular formula is C17H23NO5. The summed E-state index contributed by atoms with van der Waals surface area (Å²) in [6.07, 6.45) is -0.438. The predicted molar refractivity (Wildman–Crippen MR) is 84.7 cm³/mol. The first kappa shape index (κ1) is 17.1. The second-order valence-electron chi connectivity index (χ2n) is 6.59. The molecule has 1 fully saturated rings. The molecule has 0 aliphatic carbocycles. The number of rotatable bonds is 3. The molecule has 23 heavy (non-hydrogen) atoms. The van der Waals surface area contributed by atoms with E-state index in [2.05, 4.69) is 0 Å². The summed E-state index contributed by atoms with van der Waals surface area (Å²) in [6.45, 7) is 8.27. The van der Waals surface area contributed by atoms with Crippen molar-refractivity contribution in [1.29, 1.82) is 0 Å². The number of benzene rings is 1. The van der Waals surface area contributed by atoms with Gasteiger partial charge in [-0.05, 0) is 45.4 Å². The first-order valence-electron chi connectivity index (χ1n) is 7.53. The molecule has 1 aromatic rings. The van der Waals surface area contributed by atoms with Crippen LogP contribution in [0.2, 0.25) is 0 Å². The van der Waals surface area contributed by atoms with Crippen molar-refractivity contribution >= 4 is 12.1 Å². The van der Waals surface area contributed by atoms with Gasteiger partial charge >= 0.3 is 12.1 Å². The Morgan fingerprint density at radius 1 is 1.22 bits per heavy atom. The fraction of sp³-hybridized carbons (Fsp3) is 0.529. The lowest BCUT2D eigenvalue weighted by atomic mass is 10.1. The molecular weight excluding hydrogens is 298 g/mol. The number of likely N-dealkylation sites (tertiary alicyclic amines) is 1. The van der Waals surface area contributed by atoms with E-state index in [1.807, 2.05) is 33.8 Å². The number of ether oxygens (including phenoxy) is 3. The van der Waals surface area contributed by atoms with Gasteiger partial charge in [-0.1, -0.05) is 6.07 Å². The van der Waals surface area contributed by atoms with Gasteiger partial charge in [-0.3, -0.25) is 0 Å². The molecule has 1 aliphatic heterocycles. The Bertz CT molecular complexity index is 599. The van der Waals surface area contributed by atoms with Crippen molar-refractivity contribution < 1.29 is 23.8 Å². The third kappa shape index (κ3) is 4.37. The van der Waals surface area contributed by atoms with E-state index in [0.29, 0.717) is 24.4 Å². The van der Waals surface area contributed by atoms with Crippen LogP contribution in [0.25, 0.3) is 0 Å². The average molecular weight is 321 g/mol. The van der Waals surface area contributed by atoms with Crippen LogP contribution in [0, 0.1) is 6.92 Å². The number of carbonyl (C=O) groups excluding carboxylic acids is 2. The van der Waals surface area contributed by atoms with E-state index in [1.165, 1.54) is 7.11 Å². The first-order valence-corrected chi connectivity index (χ1v) is 7.53. The van der Waals surface area contributed by atoms with Gasteiger partial charge in [0.1, 0.15) is 17.5 Å². The van der Waals surface area contributed by atoms with Gasteiger partial charge < -0.3 is 19.1 Å². The van der Waals surface area contributed by atoms with Crippen molar-refractivity contribution in [3.63, 3.8) is 0 Å². The molecule has 1 amide bonds. The van der Waals surface area contributed by atoms with E-state index in [9.17, 15) is 9.59 Å². The van der Waals surface area contributed by atoms with Crippen LogP contribution in [0.15, 0.2) is 18.2 Å². The van der Waals surface area contributed by atoms with E-state index in [4.69, 9.17) is 14.2 Å². The fourth-order valence-corrected chi connectivity index (χ4v) is 2.18. The topological polar surface area (TPSA) is 65.1 Å². The molecule has 0 atom stereocenters. The van der Waals surface area contributed by atoms with Gasteiger partial charge in [0.2, 0.25) is 0 Å². The molecule has 126 valence electrons. The highest BCUT2D eigenvalue weighted by Crippen LogP contribution is 2.23. The van der Waals surface area contributed by atoms with Crippen LogP contribution in [0.4, 0.5) is 4.79 Å². The van der Waals surface area contributed by atoms with Gasteiger partial charge in [0.05, 0.1) is 25.8 Å². The zero-order valence-corrected chi connectivity index (χ0v) is 14.2. The van der Waals surface area contributed by atoms with E-state index >= 15 is 0 Å². The lowest BCUT2D eigenvalue weighted by Gasteiger charge is -2.39. The smallest absolute Gasteiger partial charge is 0.410 e. The molecule has 0 saturated carbocycles. The van der Waals surface area contributed by atoms with Gasteiger partial charge in [-0.25, -0.2) is 9.59 Å². The van der Waals surface area contributed by atoms with Crippen molar-refractivity contribution in [3.8, 4) is 5.75 Å². The maximum absolute atomic E-state index is 11.9. The summed E-state index contributed by atoms with van der Waals surface area (Å²) in [5.74, 6) is 0.196. The maximum atomic E-state index is 11.9. The zero-order chi connectivity index (χ0) is 17.2. The van der Waals surface area contributed by atoms with Crippen LogP contribution in [0.3, 0.4) is 0 Å². The van der Waals surface area contributed by atoms with Crippen LogP contribution in [0.5, 0.6) is 5.75 Å². The Balaban J connectivity index is 1.91. The molecule has 6 heteroatoms. The predicted octanol–water partition coefficient (Wildman–Crippen LogP) is 2.78. The lowest BCUT2D eigenvalue weighted by Crippen LogP contribution is -2.57. The maximum Gasteiger partial charge on any atom is 0.410 e. The van der Waals surface area contributed by atoms with Crippen molar-refractivity contribution in [2.75, 3.05) is 20.2 Å². The average Bonchev–Trinajstić information content (AvgIpc) is 2.41. The largest absolute Gasteiger partial charge is 0.487 e. The van der Waals surface area contributed by atoms with Crippen LogP contribution < -0.4 is 4.74 Å². The Hall–Kier alpha value is -2.24. The van der Waals surface area contributed by atoms with E-state index in [0.717, 1.165) is 5.56 Å². The number of hydrogen-bond donors (Lipinski definition) is 0. The second kappa shape index (κ2) is 6.48. The fourth-order valence-electron chi connectivity index (χ4n) is 2.18. The van der Waals surface area contributed by atoms with E-state index in [-0.39, 0.29) is 12.2 Å². The summed E-state index contributed by atoms with van der Waals surface area (Å²) in [7, 11) is 1.35. The summed E-state index contributed by atoms with van der Waals surface area (Å²) in [5, 5.41) is 0. The molecule has 0 unspecified atom stereocenters. The number of carbonyl (C=O) groups is 2. The van der Waals surface area contributed by atoms with Crippen molar-refractivity contribution in [3.05, 3.63) is 29.3 Å². The molecule has 2 rings (SSSR count). The van der Waals surface area contributed by atoms with Crippen molar-refractivity contribution in [2.24, 2.45) is 0 Å². The highest BCUT2D eigenvalue weighted by molar-refractivity contribution is 5.91. The van der Waals surface area contributed by atoms with Gasteiger partial charge in [0.15, 0.2) is 0 Å². The number of aryl methyl sites for hydroxylation is 1. The van der Waals surface area contributed by atoms with Gasteiger partial charge in [-0.15, -0.1) is 0 Å². The van der Waals surface area contributed by atoms with Crippen molar-refractivity contribution in [2.45, 2.75) is 39.4 Å². The Morgan fingerprint density at radius 3 is 2.43 bits per heavy atom. The highest BCUT2D eigenvalue weighted by Gasteiger charge is 2.35. The lowest BCUT2D eigenvalue weighted by molar-refractivity contribution is -0.0221. The number of esters is 1. The van der Waals surface area contributed by atoms with Crippen LogP contribution in [-0.4, -0.2) is 48.9 Å². The Kier molecular flexibility index (Phi) is 4.82. The summed E-state index contributed by atoms with van der Waals surface area (Å²) in [5.41, 5.74) is 0.802. The minimum atomic E-state index is -0.505. The molecule has 1 aromatic carbocycles. The third-order valence-corrected chi connectivity index (χ3v) is 3.42. The van der Waals surface area contributed by atoms with Crippen LogP contribution in [0.1, 0.15) is 36.7 Å². The van der Waals surface area contributed by atoms with Crippen LogP contribution in [-0.2, 0) is 9.47 Å². The normalized spacial score (nSPS) is 14.9. The minimum absolute atomic E-state index is 0.101. The zero-order valence-electron chi connectivity index (χ0n) is 14.2. The monoisotopic (exact) mass is 321 g/mol. The Labute approximate surface area is 136 Å². The molecule has 0 N–H and O–H groups in total. The standard InChI is InChI=1S/C17H23NO5/c1-11-6-7-12(8-14(11)15(19)21-5)22-13-9-18(10-13)16(20)23-17(2,3)4/h6-8,13H,9-10H2,1-5H3. The SMILES string of the molecule is COC(=O)c1cc(OC2CN(C(=O)OC(C)(C)C)C2)ccc1C. The molecule has 1 saturated heterocycles. The van der Waals surface area contributed by atoms with Gasteiger partial charge in [-0.2, -0.15) is 0 Å². The summed E-state index contributed by atoms with van der Waals surface area (Å²) < 4.78 is 15.8. The minimum Gasteiger partial charge on any atom is -0.487 e. The summed E-state index contributed by atoms with van der Waals surface area (Å²) in [6, 6.07) is 5.28. The van der Waals surface area contributed by atoms with E-state index in [1.54, 1.807) is 17.0 Å². The molecule has 0 aromatic heterocycles. The molecule has 0 spiro atoms. The van der Waals surface area contributed by atoms with Crippen molar-refractivity contribution in [1.82, 2.24) is 4.90 Å². The van der Waals surface area contributed by atoms with Gasteiger partial charge in [0.25, 0.3) is 0 Å². The summed E-state index contributed by atoms with van der Waals surface area (Å²) in [4.78, 5) is 25.1. The molecule has 0 bridgehead atoms. The van der Waals surface area contributed by atoms with Gasteiger partial charge in [0, 0.05) is 0 Å². The first-order chi connectivity index (χ1) is 10.7.